The molecule has 0 unspecified atom stereocenters. The molecule has 0 saturated heterocycles. The number of methoxy groups -OCH3 is 1. The van der Waals surface area contributed by atoms with Crippen LogP contribution in [0.2, 0.25) is 10.0 Å². The SMILES string of the molecule is CCS(=O)(=O)Oc1cc(CN(C(=O)Nc2ccc(Cl)c(Cl)c2)C(C)C)ccc1OC. The fourth-order valence-electron chi connectivity index (χ4n) is 2.54. The Bertz CT molecular complexity index is 1010. The van der Waals surface area contributed by atoms with E-state index in [-0.39, 0.29) is 35.9 Å². The van der Waals surface area contributed by atoms with Gasteiger partial charge in [0.1, 0.15) is 0 Å². The van der Waals surface area contributed by atoms with Gasteiger partial charge in [0.2, 0.25) is 0 Å². The maximum absolute atomic E-state index is 12.8. The van der Waals surface area contributed by atoms with E-state index in [1.165, 1.54) is 14.0 Å². The highest BCUT2D eigenvalue weighted by Crippen LogP contribution is 2.30. The maximum Gasteiger partial charge on any atom is 0.322 e. The minimum atomic E-state index is -3.73. The van der Waals surface area contributed by atoms with Gasteiger partial charge < -0.3 is 19.1 Å². The zero-order chi connectivity index (χ0) is 22.5. The van der Waals surface area contributed by atoms with Gasteiger partial charge in [-0.1, -0.05) is 29.3 Å². The summed E-state index contributed by atoms with van der Waals surface area (Å²) in [5.41, 5.74) is 1.18. The number of amides is 2. The molecule has 2 rings (SSSR count). The first-order chi connectivity index (χ1) is 14.1. The highest BCUT2D eigenvalue weighted by Gasteiger charge is 2.20. The van der Waals surface area contributed by atoms with Gasteiger partial charge in [0.05, 0.1) is 22.9 Å². The Morgan fingerprint density at radius 3 is 2.37 bits per heavy atom. The summed E-state index contributed by atoms with van der Waals surface area (Å²) in [6, 6.07) is 9.22. The lowest BCUT2D eigenvalue weighted by molar-refractivity contribution is 0.193. The molecule has 164 valence electrons. The first-order valence-corrected chi connectivity index (χ1v) is 11.5. The molecule has 0 aromatic heterocycles. The van der Waals surface area contributed by atoms with Crippen molar-refractivity contribution in [1.29, 1.82) is 0 Å². The van der Waals surface area contributed by atoms with Gasteiger partial charge >= 0.3 is 16.1 Å². The molecule has 0 bridgehead atoms. The van der Waals surface area contributed by atoms with Crippen molar-refractivity contribution in [2.45, 2.75) is 33.4 Å². The highest BCUT2D eigenvalue weighted by atomic mass is 35.5. The number of urea groups is 1. The lowest BCUT2D eigenvalue weighted by atomic mass is 10.1. The van der Waals surface area contributed by atoms with Crippen molar-refractivity contribution in [3.63, 3.8) is 0 Å². The molecule has 0 saturated carbocycles. The summed E-state index contributed by atoms with van der Waals surface area (Å²) in [4.78, 5) is 14.4. The minimum absolute atomic E-state index is 0.0745. The Hall–Kier alpha value is -2.16. The van der Waals surface area contributed by atoms with Crippen LogP contribution in [0.1, 0.15) is 26.3 Å². The van der Waals surface area contributed by atoms with Crippen LogP contribution in [-0.2, 0) is 16.7 Å². The Kier molecular flexibility index (Phi) is 8.23. The number of hydrogen-bond donors (Lipinski definition) is 1. The summed E-state index contributed by atoms with van der Waals surface area (Å²) >= 11 is 11.9. The zero-order valence-corrected chi connectivity index (χ0v) is 19.4. The molecule has 2 aromatic carbocycles. The molecule has 2 aromatic rings. The van der Waals surface area contributed by atoms with Crippen molar-refractivity contribution in [3.05, 3.63) is 52.0 Å². The number of halogens is 2. The average molecular weight is 475 g/mol. The van der Waals surface area contributed by atoms with Crippen molar-refractivity contribution in [1.82, 2.24) is 4.90 Å². The molecule has 2 amide bonds. The second-order valence-electron chi connectivity index (χ2n) is 6.70. The Morgan fingerprint density at radius 1 is 1.10 bits per heavy atom. The molecule has 0 radical (unpaired) electrons. The number of carbonyl (C=O) groups is 1. The number of ether oxygens (including phenoxy) is 1. The standard InChI is InChI=1S/C20H24Cl2N2O5S/c1-5-30(26,27)29-19-10-14(6-9-18(19)28-4)12-24(13(2)3)20(25)23-15-7-8-16(21)17(22)11-15/h6-11,13H,5,12H2,1-4H3,(H,23,25). The number of anilines is 1. The number of hydrogen-bond acceptors (Lipinski definition) is 5. The fraction of sp³-hybridized carbons (Fsp3) is 0.350. The molecule has 1 N–H and O–H groups in total. The lowest BCUT2D eigenvalue weighted by Crippen LogP contribution is -2.39. The van der Waals surface area contributed by atoms with E-state index in [9.17, 15) is 13.2 Å². The molecule has 7 nitrogen and oxygen atoms in total. The first kappa shape index (κ1) is 24.1. The normalized spacial score (nSPS) is 11.3. The summed E-state index contributed by atoms with van der Waals surface area (Å²) in [5, 5.41) is 3.51. The molecule has 0 spiro atoms. The van der Waals surface area contributed by atoms with E-state index in [2.05, 4.69) is 5.32 Å². The van der Waals surface area contributed by atoms with Crippen molar-refractivity contribution in [2.24, 2.45) is 0 Å². The van der Waals surface area contributed by atoms with Crippen LogP contribution in [-0.4, -0.2) is 38.3 Å². The van der Waals surface area contributed by atoms with Crippen LogP contribution in [0.25, 0.3) is 0 Å². The van der Waals surface area contributed by atoms with Gasteiger partial charge in [0.25, 0.3) is 0 Å². The van der Waals surface area contributed by atoms with Gasteiger partial charge in [-0.25, -0.2) is 4.79 Å². The van der Waals surface area contributed by atoms with Crippen LogP contribution in [0, 0.1) is 0 Å². The maximum atomic E-state index is 12.8. The van der Waals surface area contributed by atoms with Gasteiger partial charge in [-0.05, 0) is 56.7 Å². The van der Waals surface area contributed by atoms with Gasteiger partial charge in [-0.3, -0.25) is 0 Å². The van der Waals surface area contributed by atoms with E-state index < -0.39 is 10.1 Å². The topological polar surface area (TPSA) is 84.9 Å². The Balaban J connectivity index is 2.25. The van der Waals surface area contributed by atoms with E-state index in [0.717, 1.165) is 0 Å². The van der Waals surface area contributed by atoms with Crippen LogP contribution in [0.4, 0.5) is 10.5 Å². The summed E-state index contributed by atoms with van der Waals surface area (Å²) < 4.78 is 34.1. The second kappa shape index (κ2) is 10.2. The lowest BCUT2D eigenvalue weighted by Gasteiger charge is -2.27. The van der Waals surface area contributed by atoms with E-state index in [0.29, 0.717) is 21.3 Å². The summed E-state index contributed by atoms with van der Waals surface area (Å²) in [6.45, 7) is 5.45. The van der Waals surface area contributed by atoms with Gasteiger partial charge in [0, 0.05) is 18.3 Å². The molecule has 10 heteroatoms. The first-order valence-electron chi connectivity index (χ1n) is 9.18. The largest absolute Gasteiger partial charge is 0.493 e. The Morgan fingerprint density at radius 2 is 1.80 bits per heavy atom. The van der Waals surface area contributed by atoms with Crippen molar-refractivity contribution in [2.75, 3.05) is 18.2 Å². The molecular formula is C20H24Cl2N2O5S. The third-order valence-corrected chi connectivity index (χ3v) is 6.09. The van der Waals surface area contributed by atoms with E-state index in [4.69, 9.17) is 32.1 Å². The molecule has 0 aliphatic rings. The van der Waals surface area contributed by atoms with Gasteiger partial charge in [-0.15, -0.1) is 0 Å². The Labute approximate surface area is 187 Å². The summed E-state index contributed by atoms with van der Waals surface area (Å²) in [7, 11) is -2.31. The summed E-state index contributed by atoms with van der Waals surface area (Å²) in [5.74, 6) is 0.183. The molecule has 0 atom stereocenters. The van der Waals surface area contributed by atoms with Crippen LogP contribution in [0.3, 0.4) is 0 Å². The molecule has 0 fully saturated rings. The number of rotatable bonds is 8. The van der Waals surface area contributed by atoms with Crippen LogP contribution < -0.4 is 14.2 Å². The molecule has 0 aliphatic carbocycles. The number of nitrogens with zero attached hydrogens (tertiary/aromatic N) is 1. The van der Waals surface area contributed by atoms with Crippen molar-refractivity contribution in [3.8, 4) is 11.5 Å². The van der Waals surface area contributed by atoms with Crippen molar-refractivity contribution >= 4 is 45.0 Å². The number of nitrogens with one attached hydrogen (secondary N) is 1. The molecule has 0 aliphatic heterocycles. The van der Waals surface area contributed by atoms with Gasteiger partial charge in [-0.2, -0.15) is 8.42 Å². The smallest absolute Gasteiger partial charge is 0.322 e. The van der Waals surface area contributed by atoms with E-state index in [1.807, 2.05) is 13.8 Å². The van der Waals surface area contributed by atoms with E-state index in [1.54, 1.807) is 41.3 Å². The number of carbonyl (C=O) groups excluding carboxylic acids is 1. The monoisotopic (exact) mass is 474 g/mol. The van der Waals surface area contributed by atoms with Crippen LogP contribution >= 0.6 is 23.2 Å². The fourth-order valence-corrected chi connectivity index (χ4v) is 3.35. The van der Waals surface area contributed by atoms with E-state index >= 15 is 0 Å². The summed E-state index contributed by atoms with van der Waals surface area (Å²) in [6.07, 6.45) is 0. The predicted molar refractivity (Wildman–Crippen MR) is 119 cm³/mol. The minimum Gasteiger partial charge on any atom is -0.493 e. The average Bonchev–Trinajstić information content (AvgIpc) is 2.68. The highest BCUT2D eigenvalue weighted by molar-refractivity contribution is 7.87. The zero-order valence-electron chi connectivity index (χ0n) is 17.1. The molecular weight excluding hydrogens is 451 g/mol. The predicted octanol–water partition coefficient (Wildman–Crippen LogP) is 5.17. The molecule has 0 heterocycles. The van der Waals surface area contributed by atoms with Gasteiger partial charge in [0.15, 0.2) is 11.5 Å². The van der Waals surface area contributed by atoms with Crippen LogP contribution in [0.15, 0.2) is 36.4 Å². The molecule has 30 heavy (non-hydrogen) atoms. The van der Waals surface area contributed by atoms with Crippen LogP contribution in [0.5, 0.6) is 11.5 Å². The van der Waals surface area contributed by atoms with Crippen molar-refractivity contribution < 1.29 is 22.1 Å². The second-order valence-corrected chi connectivity index (χ2v) is 9.37. The quantitative estimate of drug-likeness (QED) is 0.533. The number of benzene rings is 2. The third kappa shape index (κ3) is 6.42. The third-order valence-electron chi connectivity index (χ3n) is 4.21.